The monoisotopic (exact) mass is 256 g/mol. The van der Waals surface area contributed by atoms with E-state index in [9.17, 15) is 0 Å². The van der Waals surface area contributed by atoms with E-state index in [0.29, 0.717) is 10.1 Å². The average molecular weight is 257 g/mol. The van der Waals surface area contributed by atoms with Gasteiger partial charge < -0.3 is 10.6 Å². The summed E-state index contributed by atoms with van der Waals surface area (Å²) in [4.78, 5) is 0. The molecule has 0 spiro atoms. The van der Waals surface area contributed by atoms with Crippen LogP contribution in [0.2, 0.25) is 5.02 Å². The number of halogens is 1. The minimum absolute atomic E-state index is 0.00264. The van der Waals surface area contributed by atoms with Crippen molar-refractivity contribution in [2.45, 2.75) is 32.7 Å². The van der Waals surface area contributed by atoms with Crippen molar-refractivity contribution in [3.63, 3.8) is 0 Å². The summed E-state index contributed by atoms with van der Waals surface area (Å²) in [6.45, 7) is 6.34. The summed E-state index contributed by atoms with van der Waals surface area (Å²) >= 11 is 11.1. The zero-order chi connectivity index (χ0) is 12.2. The lowest BCUT2D eigenvalue weighted by Gasteiger charge is -2.26. The van der Waals surface area contributed by atoms with Crippen LogP contribution in [0.4, 0.5) is 5.69 Å². The Labute approximate surface area is 107 Å². The van der Waals surface area contributed by atoms with Gasteiger partial charge >= 0.3 is 0 Å². The highest BCUT2D eigenvalue weighted by molar-refractivity contribution is 7.80. The quantitative estimate of drug-likeness (QED) is 0.804. The van der Waals surface area contributed by atoms with Crippen molar-refractivity contribution in [3.05, 3.63) is 29.3 Å². The molecule has 0 aliphatic rings. The van der Waals surface area contributed by atoms with Crippen molar-refractivity contribution in [1.29, 1.82) is 0 Å². The van der Waals surface area contributed by atoms with Crippen molar-refractivity contribution in [1.82, 2.24) is 5.32 Å². The molecule has 0 aliphatic carbocycles. The van der Waals surface area contributed by atoms with E-state index in [1.54, 1.807) is 0 Å². The first-order valence-electron chi connectivity index (χ1n) is 5.28. The van der Waals surface area contributed by atoms with Gasteiger partial charge in [-0.25, -0.2) is 0 Å². The Kier molecular flexibility index (Phi) is 4.56. The highest BCUT2D eigenvalue weighted by Gasteiger charge is 2.15. The molecular formula is C12H17ClN2S. The van der Waals surface area contributed by atoms with E-state index in [2.05, 4.69) is 31.4 Å². The molecule has 1 aromatic carbocycles. The Hall–Kier alpha value is -0.800. The maximum Gasteiger partial charge on any atom is 0.171 e. The molecule has 0 radical (unpaired) electrons. The van der Waals surface area contributed by atoms with Crippen molar-refractivity contribution in [2.75, 3.05) is 5.32 Å². The summed E-state index contributed by atoms with van der Waals surface area (Å²) in [5.41, 5.74) is 0.903. The van der Waals surface area contributed by atoms with E-state index < -0.39 is 0 Å². The molecule has 2 nitrogen and oxygen atoms in total. The Morgan fingerprint density at radius 2 is 2.12 bits per heavy atom. The van der Waals surface area contributed by atoms with Crippen molar-refractivity contribution >= 4 is 34.6 Å². The van der Waals surface area contributed by atoms with Gasteiger partial charge in [0, 0.05) is 16.2 Å². The topological polar surface area (TPSA) is 24.1 Å². The van der Waals surface area contributed by atoms with Crippen LogP contribution in [0, 0.1) is 0 Å². The number of thiocarbonyl (C=S) groups is 1. The third-order valence-electron chi connectivity index (χ3n) is 2.42. The van der Waals surface area contributed by atoms with Crippen LogP contribution < -0.4 is 10.6 Å². The summed E-state index contributed by atoms with van der Waals surface area (Å²) in [6, 6.07) is 7.49. The summed E-state index contributed by atoms with van der Waals surface area (Å²) in [5.74, 6) is 0. The average Bonchev–Trinajstić information content (AvgIpc) is 2.16. The molecule has 88 valence electrons. The molecule has 0 saturated heterocycles. The molecular weight excluding hydrogens is 240 g/mol. The van der Waals surface area contributed by atoms with Gasteiger partial charge in [-0.3, -0.25) is 0 Å². The molecule has 4 heteroatoms. The normalized spacial score (nSPS) is 11.0. The van der Waals surface area contributed by atoms with E-state index >= 15 is 0 Å². The van der Waals surface area contributed by atoms with Gasteiger partial charge in [0.05, 0.1) is 0 Å². The van der Waals surface area contributed by atoms with Crippen LogP contribution in [-0.2, 0) is 0 Å². The largest absolute Gasteiger partial charge is 0.358 e. The van der Waals surface area contributed by atoms with Crippen LogP contribution >= 0.6 is 23.8 Å². The molecule has 0 unspecified atom stereocenters. The SMILES string of the molecule is CCC(C)(C)NC(=S)Nc1cccc(Cl)c1. The second kappa shape index (κ2) is 5.51. The van der Waals surface area contributed by atoms with Gasteiger partial charge in [0.1, 0.15) is 0 Å². The van der Waals surface area contributed by atoms with Crippen LogP contribution in [0.1, 0.15) is 27.2 Å². The lowest BCUT2D eigenvalue weighted by molar-refractivity contribution is 0.448. The Balaban J connectivity index is 2.59. The van der Waals surface area contributed by atoms with Crippen molar-refractivity contribution in [3.8, 4) is 0 Å². The molecule has 2 N–H and O–H groups in total. The van der Waals surface area contributed by atoms with Crippen LogP contribution in [0.15, 0.2) is 24.3 Å². The number of benzene rings is 1. The summed E-state index contributed by atoms with van der Waals surface area (Å²) in [5, 5.41) is 7.68. The lowest BCUT2D eigenvalue weighted by Crippen LogP contribution is -2.44. The van der Waals surface area contributed by atoms with Gasteiger partial charge in [-0.2, -0.15) is 0 Å². The first kappa shape index (κ1) is 13.3. The number of hydrogen-bond acceptors (Lipinski definition) is 1. The molecule has 0 atom stereocenters. The van der Waals surface area contributed by atoms with Crippen LogP contribution in [-0.4, -0.2) is 10.7 Å². The molecule has 0 heterocycles. The summed E-state index contributed by atoms with van der Waals surface area (Å²) in [6.07, 6.45) is 1.00. The molecule has 16 heavy (non-hydrogen) atoms. The Morgan fingerprint density at radius 1 is 1.44 bits per heavy atom. The standard InChI is InChI=1S/C12H17ClN2S/c1-4-12(2,3)15-11(16)14-10-7-5-6-9(13)8-10/h5-8H,4H2,1-3H3,(H2,14,15,16). The molecule has 0 bridgehead atoms. The van der Waals surface area contributed by atoms with E-state index in [0.717, 1.165) is 12.1 Å². The summed E-state index contributed by atoms with van der Waals surface area (Å²) in [7, 11) is 0. The van der Waals surface area contributed by atoms with Gasteiger partial charge in [0.2, 0.25) is 0 Å². The summed E-state index contributed by atoms with van der Waals surface area (Å²) < 4.78 is 0. The van der Waals surface area contributed by atoms with Crippen LogP contribution in [0.25, 0.3) is 0 Å². The Morgan fingerprint density at radius 3 is 2.69 bits per heavy atom. The molecule has 0 aliphatic heterocycles. The molecule has 1 rings (SSSR count). The van der Waals surface area contributed by atoms with Crippen LogP contribution in [0.5, 0.6) is 0 Å². The highest BCUT2D eigenvalue weighted by Crippen LogP contribution is 2.15. The number of anilines is 1. The predicted molar refractivity (Wildman–Crippen MR) is 75.2 cm³/mol. The fourth-order valence-corrected chi connectivity index (χ4v) is 1.71. The maximum atomic E-state index is 5.88. The van der Waals surface area contributed by atoms with E-state index in [1.807, 2.05) is 24.3 Å². The van der Waals surface area contributed by atoms with E-state index in [4.69, 9.17) is 23.8 Å². The highest BCUT2D eigenvalue weighted by atomic mass is 35.5. The lowest BCUT2D eigenvalue weighted by atomic mass is 10.0. The smallest absolute Gasteiger partial charge is 0.171 e. The number of rotatable bonds is 3. The third kappa shape index (κ3) is 4.37. The van der Waals surface area contributed by atoms with Gasteiger partial charge in [-0.1, -0.05) is 24.6 Å². The van der Waals surface area contributed by atoms with Crippen molar-refractivity contribution in [2.24, 2.45) is 0 Å². The molecule has 1 aromatic rings. The number of hydrogen-bond donors (Lipinski definition) is 2. The van der Waals surface area contributed by atoms with E-state index in [-0.39, 0.29) is 5.54 Å². The minimum atomic E-state index is 0.00264. The first-order valence-corrected chi connectivity index (χ1v) is 6.06. The second-order valence-corrected chi connectivity index (χ2v) is 5.17. The predicted octanol–water partition coefficient (Wildman–Crippen LogP) is 3.82. The molecule has 0 amide bonds. The fourth-order valence-electron chi connectivity index (χ4n) is 1.12. The van der Waals surface area contributed by atoms with Gasteiger partial charge in [0.25, 0.3) is 0 Å². The minimum Gasteiger partial charge on any atom is -0.358 e. The first-order chi connectivity index (χ1) is 7.43. The van der Waals surface area contributed by atoms with Crippen LogP contribution in [0.3, 0.4) is 0 Å². The molecule has 0 fully saturated rings. The third-order valence-corrected chi connectivity index (χ3v) is 2.86. The zero-order valence-electron chi connectivity index (χ0n) is 9.80. The number of nitrogens with one attached hydrogen (secondary N) is 2. The Bertz CT molecular complexity index is 377. The van der Waals surface area contributed by atoms with E-state index in [1.165, 1.54) is 0 Å². The van der Waals surface area contributed by atoms with Crippen molar-refractivity contribution < 1.29 is 0 Å². The van der Waals surface area contributed by atoms with Gasteiger partial charge in [0.15, 0.2) is 5.11 Å². The molecule has 0 saturated carbocycles. The van der Waals surface area contributed by atoms with Gasteiger partial charge in [-0.15, -0.1) is 0 Å². The zero-order valence-corrected chi connectivity index (χ0v) is 11.4. The molecule has 0 aromatic heterocycles. The second-order valence-electron chi connectivity index (χ2n) is 4.33. The fraction of sp³-hybridized carbons (Fsp3) is 0.417. The van der Waals surface area contributed by atoms with Gasteiger partial charge in [-0.05, 0) is 50.7 Å². The maximum absolute atomic E-state index is 5.88.